The molecule has 3 amide bonds. The minimum Gasteiger partial charge on any atom is -0.370 e. The quantitative estimate of drug-likeness (QED) is 0.402. The van der Waals surface area contributed by atoms with Crippen LogP contribution >= 0.6 is 22.9 Å². The fraction of sp³-hybridized carbons (Fsp3) is 0.435. The summed E-state index contributed by atoms with van der Waals surface area (Å²) in [6.07, 6.45) is -5.71. The number of likely N-dealkylation sites (N-methyl/N-ethyl adjacent to an activating group) is 1. The third-order valence-electron chi connectivity index (χ3n) is 5.58. The molecule has 0 aliphatic carbocycles. The number of halogens is 5. The molecule has 0 spiro atoms. The van der Waals surface area contributed by atoms with E-state index in [9.17, 15) is 31.9 Å². The second-order valence-electron chi connectivity index (χ2n) is 7.97. The highest BCUT2D eigenvalue weighted by atomic mass is 35.5. The van der Waals surface area contributed by atoms with Gasteiger partial charge in [-0.2, -0.15) is 0 Å². The molecule has 0 unspecified atom stereocenters. The van der Waals surface area contributed by atoms with Crippen LogP contribution in [0.15, 0.2) is 30.3 Å². The molecule has 0 radical (unpaired) electrons. The van der Waals surface area contributed by atoms with Crippen molar-refractivity contribution in [3.05, 3.63) is 45.1 Å². The van der Waals surface area contributed by atoms with Crippen LogP contribution in [0.2, 0.25) is 4.34 Å². The van der Waals surface area contributed by atoms with Crippen LogP contribution < -0.4 is 15.5 Å². The number of morpholine rings is 1. The smallest absolute Gasteiger partial charge is 0.265 e. The fourth-order valence-corrected chi connectivity index (χ4v) is 4.77. The zero-order valence-corrected chi connectivity index (χ0v) is 21.3. The number of carbonyl (C=O) groups is 3. The van der Waals surface area contributed by atoms with Gasteiger partial charge in [-0.3, -0.25) is 19.3 Å². The van der Waals surface area contributed by atoms with Crippen molar-refractivity contribution >= 4 is 52.0 Å². The van der Waals surface area contributed by atoms with Crippen molar-refractivity contribution in [2.75, 3.05) is 49.6 Å². The largest absolute Gasteiger partial charge is 0.370 e. The summed E-state index contributed by atoms with van der Waals surface area (Å²) >= 11 is 6.86. The molecule has 37 heavy (non-hydrogen) atoms. The minimum absolute atomic E-state index is 0.00685. The normalized spacial score (nSPS) is 14.9. The lowest BCUT2D eigenvalue weighted by molar-refractivity contribution is -0.125. The number of alkyl halides is 4. The Morgan fingerprint density at radius 1 is 1.22 bits per heavy atom. The Morgan fingerprint density at radius 3 is 2.57 bits per heavy atom. The summed E-state index contributed by atoms with van der Waals surface area (Å²) in [7, 11) is 0. The predicted octanol–water partition coefficient (Wildman–Crippen LogP) is 4.03. The molecule has 1 aliphatic rings. The summed E-state index contributed by atoms with van der Waals surface area (Å²) in [6.45, 7) is 0.632. The molecule has 1 saturated heterocycles. The highest BCUT2D eigenvalue weighted by Crippen LogP contribution is 2.33. The van der Waals surface area contributed by atoms with Crippen LogP contribution in [0.1, 0.15) is 28.6 Å². The van der Waals surface area contributed by atoms with E-state index < -0.39 is 48.7 Å². The molecule has 1 aromatic heterocycles. The maximum absolute atomic E-state index is 13.9. The van der Waals surface area contributed by atoms with Crippen molar-refractivity contribution in [1.29, 1.82) is 0 Å². The second-order valence-corrected chi connectivity index (χ2v) is 9.68. The number of amides is 3. The molecule has 2 N–H and O–H groups in total. The number of nitrogens with zero attached hydrogens (tertiary/aromatic N) is 2. The first kappa shape index (κ1) is 28.8. The fourth-order valence-electron chi connectivity index (χ4n) is 3.81. The summed E-state index contributed by atoms with van der Waals surface area (Å²) in [4.78, 5) is 40.3. The first-order chi connectivity index (χ1) is 17.6. The molecule has 202 valence electrons. The first-order valence-electron chi connectivity index (χ1n) is 11.3. The van der Waals surface area contributed by atoms with Gasteiger partial charge >= 0.3 is 0 Å². The molecule has 3 rings (SSSR count). The van der Waals surface area contributed by atoms with E-state index >= 15 is 0 Å². The summed E-state index contributed by atoms with van der Waals surface area (Å²) < 4.78 is 59.5. The first-order valence-corrected chi connectivity index (χ1v) is 12.5. The lowest BCUT2D eigenvalue weighted by Crippen LogP contribution is -2.52. The molecular formula is C23H25ClF4N4O4S. The van der Waals surface area contributed by atoms with Crippen LogP contribution in [0.25, 0.3) is 0 Å². The number of anilines is 2. The zero-order valence-electron chi connectivity index (χ0n) is 19.7. The molecule has 1 aliphatic heterocycles. The Bertz CT molecular complexity index is 1120. The molecule has 8 nitrogen and oxygen atoms in total. The predicted molar refractivity (Wildman–Crippen MR) is 132 cm³/mol. The van der Waals surface area contributed by atoms with Gasteiger partial charge in [0.1, 0.15) is 12.6 Å². The van der Waals surface area contributed by atoms with Crippen molar-refractivity contribution in [1.82, 2.24) is 10.2 Å². The van der Waals surface area contributed by atoms with Crippen molar-refractivity contribution in [3.8, 4) is 0 Å². The van der Waals surface area contributed by atoms with Crippen LogP contribution in [0.4, 0.5) is 28.9 Å². The number of benzene rings is 1. The SMILES string of the molecule is CCN(CC(F)F)[C@H](CNC(=O)c1ccc(Cl)s1)C(=O)Nc1ccc(N2CCOCC2=O)c(C(F)F)c1. The van der Waals surface area contributed by atoms with Crippen LogP contribution in [0.3, 0.4) is 0 Å². The summed E-state index contributed by atoms with van der Waals surface area (Å²) in [5, 5.41) is 5.02. The van der Waals surface area contributed by atoms with Gasteiger partial charge < -0.3 is 20.3 Å². The average Bonchev–Trinajstić information content (AvgIpc) is 3.29. The van der Waals surface area contributed by atoms with Gasteiger partial charge in [-0.25, -0.2) is 17.6 Å². The number of hydrogen-bond acceptors (Lipinski definition) is 6. The van der Waals surface area contributed by atoms with E-state index in [1.807, 2.05) is 0 Å². The van der Waals surface area contributed by atoms with E-state index in [2.05, 4.69) is 10.6 Å². The van der Waals surface area contributed by atoms with E-state index in [4.69, 9.17) is 16.3 Å². The maximum atomic E-state index is 13.9. The van der Waals surface area contributed by atoms with Gasteiger partial charge in [-0.05, 0) is 36.9 Å². The van der Waals surface area contributed by atoms with Crippen LogP contribution in [0.5, 0.6) is 0 Å². The maximum Gasteiger partial charge on any atom is 0.265 e. The average molecular weight is 565 g/mol. The number of thiophene rings is 1. The lowest BCUT2D eigenvalue weighted by atomic mass is 10.1. The second kappa shape index (κ2) is 13.2. The number of nitrogens with one attached hydrogen (secondary N) is 2. The molecule has 2 heterocycles. The van der Waals surface area contributed by atoms with E-state index in [-0.39, 0.29) is 49.1 Å². The van der Waals surface area contributed by atoms with Gasteiger partial charge in [-0.15, -0.1) is 11.3 Å². The molecular weight excluding hydrogens is 540 g/mol. The van der Waals surface area contributed by atoms with Gasteiger partial charge in [0.2, 0.25) is 5.91 Å². The summed E-state index contributed by atoms with van der Waals surface area (Å²) in [5.41, 5.74) is -0.501. The van der Waals surface area contributed by atoms with Crippen LogP contribution in [-0.2, 0) is 14.3 Å². The Labute approximate surface area is 219 Å². The van der Waals surface area contributed by atoms with Gasteiger partial charge in [0.25, 0.3) is 24.7 Å². The molecule has 1 fully saturated rings. The highest BCUT2D eigenvalue weighted by Gasteiger charge is 2.30. The Morgan fingerprint density at radius 2 is 1.97 bits per heavy atom. The molecule has 14 heteroatoms. The monoisotopic (exact) mass is 564 g/mol. The molecule has 0 saturated carbocycles. The Hall–Kier alpha value is -2.74. The van der Waals surface area contributed by atoms with Crippen LogP contribution in [0, 0.1) is 0 Å². The van der Waals surface area contributed by atoms with Crippen molar-refractivity contribution in [2.24, 2.45) is 0 Å². The Balaban J connectivity index is 1.81. The number of carbonyl (C=O) groups excluding carboxylic acids is 3. The molecule has 1 aromatic carbocycles. The standard InChI is InChI=1S/C23H25ClF4N4O4S/c1-2-31(11-19(25)26)16(10-29-23(35)17-5-6-18(24)37-17)22(34)30-13-3-4-15(14(9-13)21(27)28)32-7-8-36-12-20(32)33/h3-6,9,16,19,21H,2,7-8,10-12H2,1H3,(H,29,35)(H,30,34)/t16-/m1/s1. The van der Waals surface area contributed by atoms with E-state index in [1.54, 1.807) is 6.92 Å². The Kier molecular flexibility index (Phi) is 10.3. The lowest BCUT2D eigenvalue weighted by Gasteiger charge is -2.30. The van der Waals surface area contributed by atoms with Gasteiger partial charge in [0.15, 0.2) is 0 Å². The van der Waals surface area contributed by atoms with E-state index in [0.29, 0.717) is 4.34 Å². The molecule has 0 bridgehead atoms. The highest BCUT2D eigenvalue weighted by molar-refractivity contribution is 7.18. The third kappa shape index (κ3) is 7.63. The minimum atomic E-state index is -2.96. The van der Waals surface area contributed by atoms with Crippen molar-refractivity contribution in [3.63, 3.8) is 0 Å². The van der Waals surface area contributed by atoms with Gasteiger partial charge in [0.05, 0.1) is 28.1 Å². The topological polar surface area (TPSA) is 91.0 Å². The third-order valence-corrected chi connectivity index (χ3v) is 6.81. The van der Waals surface area contributed by atoms with Crippen LogP contribution in [-0.4, -0.2) is 74.5 Å². The van der Waals surface area contributed by atoms with Crippen molar-refractivity contribution in [2.45, 2.75) is 25.8 Å². The number of hydrogen-bond donors (Lipinski definition) is 2. The summed E-state index contributed by atoms with van der Waals surface area (Å²) in [6, 6.07) is 5.44. The number of ether oxygens (including phenoxy) is 1. The summed E-state index contributed by atoms with van der Waals surface area (Å²) in [5.74, 6) is -1.79. The number of rotatable bonds is 11. The van der Waals surface area contributed by atoms with Crippen molar-refractivity contribution < 1.29 is 36.7 Å². The molecule has 2 aromatic rings. The van der Waals surface area contributed by atoms with Gasteiger partial charge in [0, 0.05) is 24.3 Å². The van der Waals surface area contributed by atoms with E-state index in [0.717, 1.165) is 17.4 Å². The molecule has 1 atom stereocenters. The zero-order chi connectivity index (χ0) is 27.1. The van der Waals surface area contributed by atoms with Gasteiger partial charge in [-0.1, -0.05) is 18.5 Å². The van der Waals surface area contributed by atoms with E-state index in [1.165, 1.54) is 34.1 Å².